The first-order chi connectivity index (χ1) is 7.24. The van der Waals surface area contributed by atoms with Gasteiger partial charge in [0.2, 0.25) is 0 Å². The summed E-state index contributed by atoms with van der Waals surface area (Å²) in [7, 11) is 0. The maximum atomic E-state index is 5.86. The lowest BCUT2D eigenvalue weighted by Gasteiger charge is -2.28. The lowest BCUT2D eigenvalue weighted by Crippen LogP contribution is -2.16. The molecule has 0 saturated heterocycles. The van der Waals surface area contributed by atoms with E-state index in [1.54, 1.807) is 0 Å². The predicted molar refractivity (Wildman–Crippen MR) is 62.8 cm³/mol. The molecule has 84 valence electrons. The molecule has 1 saturated carbocycles. The third-order valence-electron chi connectivity index (χ3n) is 3.77. The molecule has 1 aliphatic rings. The normalized spacial score (nSPS) is 26.8. The quantitative estimate of drug-likeness (QED) is 0.783. The Balaban J connectivity index is 2.27. The molecule has 3 nitrogen and oxygen atoms in total. The summed E-state index contributed by atoms with van der Waals surface area (Å²) in [6, 6.07) is 0. The van der Waals surface area contributed by atoms with Crippen LogP contribution in [0.15, 0.2) is 0 Å². The standard InChI is InChI=1S/C12H21N3/c1-3-9-11(14-15-12(9)13)10-7-5-4-6-8(10)2/h8,10H,3-7H2,1-2H3,(H3,13,14,15). The molecule has 3 N–H and O–H groups in total. The molecule has 0 aromatic carbocycles. The first-order valence-electron chi connectivity index (χ1n) is 6.06. The molecule has 1 fully saturated rings. The van der Waals surface area contributed by atoms with Crippen LogP contribution in [0.2, 0.25) is 0 Å². The zero-order valence-corrected chi connectivity index (χ0v) is 9.71. The first-order valence-corrected chi connectivity index (χ1v) is 6.06. The molecule has 0 bridgehead atoms. The third kappa shape index (κ3) is 1.87. The Kier molecular flexibility index (Phi) is 2.98. The van der Waals surface area contributed by atoms with Crippen molar-refractivity contribution in [1.29, 1.82) is 0 Å². The fourth-order valence-corrected chi connectivity index (χ4v) is 2.82. The van der Waals surface area contributed by atoms with Gasteiger partial charge in [-0.25, -0.2) is 0 Å². The molecule has 0 spiro atoms. The minimum absolute atomic E-state index is 0.651. The van der Waals surface area contributed by atoms with E-state index in [0.29, 0.717) is 11.7 Å². The molecule has 15 heavy (non-hydrogen) atoms. The average molecular weight is 207 g/mol. The average Bonchev–Trinajstić information content (AvgIpc) is 2.60. The van der Waals surface area contributed by atoms with Crippen LogP contribution in [0.3, 0.4) is 0 Å². The second-order valence-corrected chi connectivity index (χ2v) is 4.72. The van der Waals surface area contributed by atoms with Gasteiger partial charge in [-0.2, -0.15) is 5.10 Å². The van der Waals surface area contributed by atoms with Crippen molar-refractivity contribution in [2.75, 3.05) is 5.73 Å². The molecule has 0 amide bonds. The second kappa shape index (κ2) is 4.25. The van der Waals surface area contributed by atoms with Gasteiger partial charge in [0.05, 0.1) is 0 Å². The molecule has 3 heteroatoms. The number of nitrogens with zero attached hydrogens (tertiary/aromatic N) is 1. The van der Waals surface area contributed by atoms with Crippen LogP contribution in [-0.2, 0) is 6.42 Å². The van der Waals surface area contributed by atoms with E-state index in [2.05, 4.69) is 24.0 Å². The van der Waals surface area contributed by atoms with Crippen molar-refractivity contribution >= 4 is 5.82 Å². The SMILES string of the molecule is CCc1c(N)n[nH]c1C1CCCCC1C. The van der Waals surface area contributed by atoms with Crippen molar-refractivity contribution in [3.05, 3.63) is 11.3 Å². The summed E-state index contributed by atoms with van der Waals surface area (Å²) in [5, 5.41) is 7.30. The molecule has 1 heterocycles. The summed E-state index contributed by atoms with van der Waals surface area (Å²) in [6.07, 6.45) is 6.34. The van der Waals surface area contributed by atoms with Gasteiger partial charge in [0, 0.05) is 17.2 Å². The van der Waals surface area contributed by atoms with Gasteiger partial charge in [-0.15, -0.1) is 0 Å². The van der Waals surface area contributed by atoms with E-state index < -0.39 is 0 Å². The number of rotatable bonds is 2. The molecular formula is C12H21N3. The van der Waals surface area contributed by atoms with Gasteiger partial charge in [0.25, 0.3) is 0 Å². The molecule has 1 aromatic heterocycles. The van der Waals surface area contributed by atoms with Crippen molar-refractivity contribution in [2.24, 2.45) is 5.92 Å². The van der Waals surface area contributed by atoms with E-state index in [1.807, 2.05) is 0 Å². The highest BCUT2D eigenvalue weighted by atomic mass is 15.2. The van der Waals surface area contributed by atoms with Crippen LogP contribution in [-0.4, -0.2) is 10.2 Å². The lowest BCUT2D eigenvalue weighted by atomic mass is 9.77. The van der Waals surface area contributed by atoms with E-state index in [4.69, 9.17) is 5.73 Å². The van der Waals surface area contributed by atoms with E-state index in [9.17, 15) is 0 Å². The van der Waals surface area contributed by atoms with Crippen LogP contribution in [0.25, 0.3) is 0 Å². The molecule has 1 aromatic rings. The Morgan fingerprint density at radius 2 is 2.13 bits per heavy atom. The Morgan fingerprint density at radius 1 is 1.40 bits per heavy atom. The Hall–Kier alpha value is -0.990. The molecule has 0 radical (unpaired) electrons. The van der Waals surface area contributed by atoms with Gasteiger partial charge in [-0.1, -0.05) is 33.1 Å². The minimum Gasteiger partial charge on any atom is -0.382 e. The number of hydrogen-bond donors (Lipinski definition) is 2. The highest BCUT2D eigenvalue weighted by Gasteiger charge is 2.26. The molecule has 2 rings (SSSR count). The van der Waals surface area contributed by atoms with Gasteiger partial charge >= 0.3 is 0 Å². The molecule has 2 atom stereocenters. The second-order valence-electron chi connectivity index (χ2n) is 4.72. The van der Waals surface area contributed by atoms with Crippen molar-refractivity contribution in [2.45, 2.75) is 51.9 Å². The minimum atomic E-state index is 0.651. The Bertz CT molecular complexity index is 330. The van der Waals surface area contributed by atoms with E-state index >= 15 is 0 Å². The van der Waals surface area contributed by atoms with E-state index in [1.165, 1.54) is 36.9 Å². The molecular weight excluding hydrogens is 186 g/mol. The summed E-state index contributed by atoms with van der Waals surface area (Å²) < 4.78 is 0. The number of H-pyrrole nitrogens is 1. The topological polar surface area (TPSA) is 54.7 Å². The van der Waals surface area contributed by atoms with Gasteiger partial charge in [0.1, 0.15) is 5.82 Å². The van der Waals surface area contributed by atoms with Crippen LogP contribution in [0.1, 0.15) is 56.7 Å². The zero-order valence-electron chi connectivity index (χ0n) is 9.71. The Morgan fingerprint density at radius 3 is 2.80 bits per heavy atom. The highest BCUT2D eigenvalue weighted by Crippen LogP contribution is 2.38. The summed E-state index contributed by atoms with van der Waals surface area (Å²) in [5.74, 6) is 2.12. The molecule has 1 aliphatic carbocycles. The summed E-state index contributed by atoms with van der Waals surface area (Å²) >= 11 is 0. The molecule has 2 unspecified atom stereocenters. The fourth-order valence-electron chi connectivity index (χ4n) is 2.82. The maximum absolute atomic E-state index is 5.86. The van der Waals surface area contributed by atoms with Crippen LogP contribution < -0.4 is 5.73 Å². The van der Waals surface area contributed by atoms with Gasteiger partial charge in [0.15, 0.2) is 0 Å². The van der Waals surface area contributed by atoms with Crippen molar-refractivity contribution < 1.29 is 0 Å². The van der Waals surface area contributed by atoms with E-state index in [0.717, 1.165) is 12.3 Å². The fraction of sp³-hybridized carbons (Fsp3) is 0.750. The van der Waals surface area contributed by atoms with Crippen molar-refractivity contribution in [3.8, 4) is 0 Å². The number of nitrogens with two attached hydrogens (primary N) is 1. The number of nitrogen functional groups attached to an aromatic ring is 1. The largest absolute Gasteiger partial charge is 0.382 e. The predicted octanol–water partition coefficient (Wildman–Crippen LogP) is 2.85. The van der Waals surface area contributed by atoms with Gasteiger partial charge in [-0.05, 0) is 18.8 Å². The Labute approximate surface area is 91.4 Å². The molecule has 0 aliphatic heterocycles. The van der Waals surface area contributed by atoms with Crippen LogP contribution in [0, 0.1) is 5.92 Å². The van der Waals surface area contributed by atoms with Crippen LogP contribution in [0.5, 0.6) is 0 Å². The number of anilines is 1. The summed E-state index contributed by atoms with van der Waals surface area (Å²) in [4.78, 5) is 0. The zero-order chi connectivity index (χ0) is 10.8. The number of aromatic nitrogens is 2. The number of aromatic amines is 1. The van der Waals surface area contributed by atoms with Crippen LogP contribution in [0.4, 0.5) is 5.82 Å². The maximum Gasteiger partial charge on any atom is 0.148 e. The van der Waals surface area contributed by atoms with E-state index in [-0.39, 0.29) is 0 Å². The smallest absolute Gasteiger partial charge is 0.148 e. The van der Waals surface area contributed by atoms with Crippen molar-refractivity contribution in [1.82, 2.24) is 10.2 Å². The summed E-state index contributed by atoms with van der Waals surface area (Å²) in [5.41, 5.74) is 8.41. The van der Waals surface area contributed by atoms with Crippen LogP contribution >= 0.6 is 0 Å². The number of hydrogen-bond acceptors (Lipinski definition) is 2. The monoisotopic (exact) mass is 207 g/mol. The van der Waals surface area contributed by atoms with Gasteiger partial charge in [-0.3, -0.25) is 5.10 Å². The highest BCUT2D eigenvalue weighted by molar-refractivity contribution is 5.43. The third-order valence-corrected chi connectivity index (χ3v) is 3.77. The lowest BCUT2D eigenvalue weighted by molar-refractivity contribution is 0.324. The first kappa shape index (κ1) is 10.5. The number of nitrogens with one attached hydrogen (secondary N) is 1. The summed E-state index contributed by atoms with van der Waals surface area (Å²) in [6.45, 7) is 4.50. The van der Waals surface area contributed by atoms with Crippen molar-refractivity contribution in [3.63, 3.8) is 0 Å². The van der Waals surface area contributed by atoms with Gasteiger partial charge < -0.3 is 5.73 Å².